The molecule has 3 heterocycles. The number of halogens is 3. The lowest BCUT2D eigenvalue weighted by atomic mass is 9.99. The van der Waals surface area contributed by atoms with Crippen LogP contribution in [0.5, 0.6) is 0 Å². The third kappa shape index (κ3) is 5.47. The Balaban J connectivity index is 1.34. The number of methoxy groups -OCH3 is 1. The third-order valence-electron chi connectivity index (χ3n) is 8.12. The van der Waals surface area contributed by atoms with Gasteiger partial charge in [0.25, 0.3) is 0 Å². The van der Waals surface area contributed by atoms with Gasteiger partial charge in [0.15, 0.2) is 0 Å². The molecule has 43 heavy (non-hydrogen) atoms. The largest absolute Gasteiger partial charge is 0.465 e. The zero-order chi connectivity index (χ0) is 30.7. The van der Waals surface area contributed by atoms with Gasteiger partial charge in [-0.25, -0.2) is 13.2 Å². The molecule has 0 spiro atoms. The molecule has 1 saturated carbocycles. The van der Waals surface area contributed by atoms with Gasteiger partial charge in [-0.05, 0) is 60.2 Å². The van der Waals surface area contributed by atoms with Crippen LogP contribution in [0.1, 0.15) is 63.6 Å². The molecule has 2 aromatic carbocycles. The number of ether oxygens (including phenoxy) is 1. The van der Waals surface area contributed by atoms with Crippen LogP contribution in [0.15, 0.2) is 65.8 Å². The highest BCUT2D eigenvalue weighted by Crippen LogP contribution is 2.55. The summed E-state index contributed by atoms with van der Waals surface area (Å²) in [4.78, 5) is 12.4. The Morgan fingerprint density at radius 3 is 2.60 bits per heavy atom. The van der Waals surface area contributed by atoms with Gasteiger partial charge in [0.05, 0.1) is 28.8 Å². The van der Waals surface area contributed by atoms with Gasteiger partial charge in [0.1, 0.15) is 0 Å². The van der Waals surface area contributed by atoms with Crippen LogP contribution in [0.4, 0.5) is 13.2 Å². The molecule has 1 aliphatic carbocycles. The van der Waals surface area contributed by atoms with E-state index in [0.717, 1.165) is 29.9 Å². The predicted molar refractivity (Wildman–Crippen MR) is 150 cm³/mol. The van der Waals surface area contributed by atoms with E-state index in [4.69, 9.17) is 4.74 Å². The molecule has 1 fully saturated rings. The lowest BCUT2D eigenvalue weighted by Gasteiger charge is -2.23. The number of benzene rings is 2. The smallest absolute Gasteiger partial charge is 0.416 e. The van der Waals surface area contributed by atoms with Gasteiger partial charge in [-0.2, -0.15) is 17.5 Å². The molecule has 0 radical (unpaired) electrons. The number of aromatic nitrogens is 4. The number of esters is 1. The highest BCUT2D eigenvalue weighted by molar-refractivity contribution is 7.89. The molecule has 0 amide bonds. The van der Waals surface area contributed by atoms with Gasteiger partial charge in [0.2, 0.25) is 10.0 Å². The van der Waals surface area contributed by atoms with E-state index in [0.29, 0.717) is 28.8 Å². The zero-order valence-corrected chi connectivity index (χ0v) is 24.6. The van der Waals surface area contributed by atoms with Crippen LogP contribution in [0.25, 0.3) is 5.69 Å². The van der Waals surface area contributed by atoms with Crippen molar-refractivity contribution in [2.75, 3.05) is 13.7 Å². The maximum atomic E-state index is 13.7. The number of alkyl halides is 3. The summed E-state index contributed by atoms with van der Waals surface area (Å²) < 4.78 is 77.7. The number of fused-ring (bicyclic) bond motifs is 1. The summed E-state index contributed by atoms with van der Waals surface area (Å²) in [7, 11) is -1.10. The Bertz CT molecular complexity index is 1810. The minimum atomic E-state index is -4.66. The van der Waals surface area contributed by atoms with Gasteiger partial charge in [0, 0.05) is 55.7 Å². The average molecular weight is 614 g/mol. The minimum absolute atomic E-state index is 0.00406. The molecule has 0 bridgehead atoms. The van der Waals surface area contributed by atoms with Crippen molar-refractivity contribution in [1.82, 2.24) is 23.9 Å². The molecule has 0 unspecified atom stereocenters. The number of nitrogens with zero attached hydrogens (tertiary/aromatic N) is 5. The van der Waals surface area contributed by atoms with Gasteiger partial charge >= 0.3 is 12.1 Å². The topological polar surface area (TPSA) is 99.3 Å². The molecular weight excluding hydrogens is 583 g/mol. The number of hydrogen-bond acceptors (Lipinski definition) is 6. The molecule has 2 aliphatic rings. The van der Waals surface area contributed by atoms with Crippen molar-refractivity contribution in [3.05, 3.63) is 94.6 Å². The fourth-order valence-electron chi connectivity index (χ4n) is 6.01. The van der Waals surface area contributed by atoms with Crippen LogP contribution in [-0.2, 0) is 40.9 Å². The Morgan fingerprint density at radius 1 is 1.12 bits per heavy atom. The molecule has 9 nitrogen and oxygen atoms in total. The third-order valence-corrected chi connectivity index (χ3v) is 10.0. The lowest BCUT2D eigenvalue weighted by molar-refractivity contribution is -0.137. The van der Waals surface area contributed by atoms with Crippen LogP contribution < -0.4 is 0 Å². The van der Waals surface area contributed by atoms with Crippen LogP contribution in [0, 0.1) is 5.92 Å². The second-order valence-corrected chi connectivity index (χ2v) is 13.2. The van der Waals surface area contributed by atoms with Crippen molar-refractivity contribution in [3.8, 4) is 5.69 Å². The van der Waals surface area contributed by atoms with Crippen molar-refractivity contribution in [2.24, 2.45) is 13.0 Å². The monoisotopic (exact) mass is 613 g/mol. The van der Waals surface area contributed by atoms with Gasteiger partial charge in [-0.1, -0.05) is 30.3 Å². The van der Waals surface area contributed by atoms with Gasteiger partial charge < -0.3 is 9.30 Å². The molecule has 226 valence electrons. The summed E-state index contributed by atoms with van der Waals surface area (Å²) >= 11 is 0. The van der Waals surface area contributed by atoms with Crippen LogP contribution in [-0.4, -0.2) is 51.9 Å². The number of rotatable bonds is 6. The summed E-state index contributed by atoms with van der Waals surface area (Å²) in [6, 6.07) is 11.9. The van der Waals surface area contributed by atoms with Crippen molar-refractivity contribution < 1.29 is 31.1 Å². The van der Waals surface area contributed by atoms with E-state index in [2.05, 4.69) is 10.3 Å². The first-order valence-corrected chi connectivity index (χ1v) is 15.3. The number of carbonyl (C=O) groups excluding carboxylic acids is 1. The number of sulfonamides is 1. The fraction of sp³-hybridized carbons (Fsp3) is 0.367. The second-order valence-electron chi connectivity index (χ2n) is 11.3. The quantitative estimate of drug-likeness (QED) is 0.282. The lowest BCUT2D eigenvalue weighted by Crippen LogP contribution is -2.33. The van der Waals surface area contributed by atoms with Crippen molar-refractivity contribution >= 4 is 16.0 Å². The SMILES string of the molecule is COC(=O)c1ccn(-c2cccc(CN3C[C@@H](C)Cc4ccc(C(F)(F)F)cc4S3(=O)=O)c2)c1[C@@H]1C[C@H]1c1cn(C)nn1. The van der Waals surface area contributed by atoms with E-state index in [9.17, 15) is 26.4 Å². The van der Waals surface area contributed by atoms with Crippen molar-refractivity contribution in [1.29, 1.82) is 0 Å². The molecular formula is C30H30F3N5O4S. The number of hydrogen-bond donors (Lipinski definition) is 0. The Morgan fingerprint density at radius 2 is 1.91 bits per heavy atom. The maximum Gasteiger partial charge on any atom is 0.416 e. The normalized spacial score (nSPS) is 21.7. The van der Waals surface area contributed by atoms with Crippen molar-refractivity contribution in [3.63, 3.8) is 0 Å². The molecule has 6 rings (SSSR count). The first-order chi connectivity index (χ1) is 20.4. The highest BCUT2D eigenvalue weighted by Gasteiger charge is 2.45. The Kier molecular flexibility index (Phi) is 7.20. The van der Waals surface area contributed by atoms with Crippen LogP contribution in [0.2, 0.25) is 0 Å². The Hall–Kier alpha value is -3.97. The standard InChI is InChI=1S/C30H30F3N5O4S/c1-18-11-20-7-8-21(30(31,32)33)13-27(20)43(40,41)37(15-18)16-19-5-4-6-22(12-19)38-10-9-23(29(39)42-3)28(38)25-14-24(25)26-17-36(2)35-34-26/h4-10,12-13,17-18,24-25H,11,14-16H2,1-3H3/t18-,24+,25+/m0/s1. The average Bonchev–Trinajstić information content (AvgIpc) is 3.43. The Labute approximate surface area is 246 Å². The number of carbonyl (C=O) groups is 1. The van der Waals surface area contributed by atoms with Crippen LogP contribution in [0.3, 0.4) is 0 Å². The predicted octanol–water partition coefficient (Wildman–Crippen LogP) is 5.07. The van der Waals surface area contributed by atoms with E-state index in [1.54, 1.807) is 36.1 Å². The molecule has 0 saturated heterocycles. The first kappa shape index (κ1) is 29.1. The maximum absolute atomic E-state index is 13.7. The van der Waals surface area contributed by atoms with E-state index in [1.807, 2.05) is 29.8 Å². The van der Waals surface area contributed by atoms with Gasteiger partial charge in [-0.15, -0.1) is 5.10 Å². The zero-order valence-electron chi connectivity index (χ0n) is 23.7. The molecule has 2 aromatic heterocycles. The van der Waals surface area contributed by atoms with Crippen molar-refractivity contribution in [2.45, 2.75) is 49.2 Å². The summed E-state index contributed by atoms with van der Waals surface area (Å²) in [5.41, 5.74) is 2.80. The summed E-state index contributed by atoms with van der Waals surface area (Å²) in [5, 5.41) is 8.27. The molecule has 1 aliphatic heterocycles. The van der Waals surface area contributed by atoms with E-state index in [-0.39, 0.29) is 35.7 Å². The molecule has 0 N–H and O–H groups in total. The molecule has 3 atom stereocenters. The van der Waals surface area contributed by atoms with Gasteiger partial charge in [-0.3, -0.25) is 4.68 Å². The molecule has 13 heteroatoms. The first-order valence-electron chi connectivity index (χ1n) is 13.8. The van der Waals surface area contributed by atoms with E-state index >= 15 is 0 Å². The van der Waals surface area contributed by atoms with E-state index in [1.165, 1.54) is 17.5 Å². The summed E-state index contributed by atoms with van der Waals surface area (Å²) in [6.45, 7) is 2.02. The van der Waals surface area contributed by atoms with E-state index < -0.39 is 27.7 Å². The molecule has 4 aromatic rings. The summed E-state index contributed by atoms with van der Waals surface area (Å²) in [5.74, 6) is -0.492. The second kappa shape index (κ2) is 10.6. The van der Waals surface area contributed by atoms with Crippen LogP contribution >= 0.6 is 0 Å². The fourth-order valence-corrected chi connectivity index (χ4v) is 7.82. The number of aryl methyl sites for hydroxylation is 1. The highest BCUT2D eigenvalue weighted by atomic mass is 32.2. The minimum Gasteiger partial charge on any atom is -0.465 e. The summed E-state index contributed by atoms with van der Waals surface area (Å²) in [6.07, 6.45) is 0.101.